The predicted octanol–water partition coefficient (Wildman–Crippen LogP) is 0.366. The smallest absolute Gasteiger partial charge is 0.338 e. The molecule has 1 aromatic rings. The Hall–Kier alpha value is -1.39. The van der Waals surface area contributed by atoms with E-state index < -0.39 is 0 Å². The second-order valence-corrected chi connectivity index (χ2v) is 2.70. The van der Waals surface area contributed by atoms with Crippen molar-refractivity contribution in [2.75, 3.05) is 7.11 Å². The molecule has 13 heavy (non-hydrogen) atoms. The van der Waals surface area contributed by atoms with Gasteiger partial charge >= 0.3 is 5.97 Å². The van der Waals surface area contributed by atoms with Gasteiger partial charge in [-0.3, -0.25) is 0 Å². The first-order chi connectivity index (χ1) is 6.19. The highest BCUT2D eigenvalue weighted by Crippen LogP contribution is 2.12. The molecule has 0 bridgehead atoms. The molecule has 0 aromatic heterocycles. The third kappa shape index (κ3) is 2.05. The number of methoxy groups -OCH3 is 1. The molecule has 1 rings (SSSR count). The molecule has 0 aliphatic heterocycles. The molecule has 0 saturated carbocycles. The summed E-state index contributed by atoms with van der Waals surface area (Å²) in [5.74, 6) is -0.388. The van der Waals surface area contributed by atoms with E-state index >= 15 is 0 Å². The van der Waals surface area contributed by atoms with Crippen molar-refractivity contribution in [2.45, 2.75) is 6.92 Å². The highest BCUT2D eigenvalue weighted by Gasteiger charge is 2.10. The number of hydrogen-bond acceptors (Lipinski definition) is 3. The Labute approximate surface area is 76.1 Å². The number of hydrogen-bond donors (Lipinski definition) is 2. The van der Waals surface area contributed by atoms with Crippen molar-refractivity contribution in [1.82, 2.24) is 0 Å². The van der Waals surface area contributed by atoms with Crippen LogP contribution in [-0.4, -0.2) is 18.3 Å². The third-order valence-electron chi connectivity index (χ3n) is 1.82. The molecule has 0 spiro atoms. The Bertz CT molecular complexity index is 323. The lowest BCUT2D eigenvalue weighted by atomic mass is 10.1. The van der Waals surface area contributed by atoms with E-state index in [-0.39, 0.29) is 5.97 Å². The van der Waals surface area contributed by atoms with E-state index in [1.54, 1.807) is 18.2 Å². The van der Waals surface area contributed by atoms with Gasteiger partial charge in [0.2, 0.25) is 0 Å². The summed E-state index contributed by atoms with van der Waals surface area (Å²) in [5, 5.41) is 8.73. The van der Waals surface area contributed by atoms with Crippen LogP contribution in [0.3, 0.4) is 0 Å². The van der Waals surface area contributed by atoms with Gasteiger partial charge in [-0.2, -0.15) is 5.48 Å². The molecule has 0 aliphatic rings. The second-order valence-electron chi connectivity index (χ2n) is 2.70. The van der Waals surface area contributed by atoms with E-state index in [4.69, 9.17) is 5.21 Å². The van der Waals surface area contributed by atoms with Crippen molar-refractivity contribution < 1.29 is 20.2 Å². The van der Waals surface area contributed by atoms with E-state index in [9.17, 15) is 4.79 Å². The van der Waals surface area contributed by atoms with Gasteiger partial charge in [-0.15, -0.1) is 0 Å². The van der Waals surface area contributed by atoms with Gasteiger partial charge in [-0.25, -0.2) is 10.0 Å². The quantitative estimate of drug-likeness (QED) is 0.394. The molecule has 1 aromatic carbocycles. The number of nitrogens with two attached hydrogens (primary N) is 1. The summed E-state index contributed by atoms with van der Waals surface area (Å²) in [6.45, 7) is 1.81. The number of rotatable bonds is 2. The maximum Gasteiger partial charge on any atom is 0.338 e. The van der Waals surface area contributed by atoms with Gasteiger partial charge in [0.15, 0.2) is 5.69 Å². The van der Waals surface area contributed by atoms with Gasteiger partial charge in [0.05, 0.1) is 12.7 Å². The number of carbonyl (C=O) groups excluding carboxylic acids is 1. The van der Waals surface area contributed by atoms with Crippen molar-refractivity contribution >= 4 is 11.7 Å². The molecule has 0 unspecified atom stereocenters. The maximum atomic E-state index is 11.2. The van der Waals surface area contributed by atoms with Crippen LogP contribution in [0.2, 0.25) is 0 Å². The molecule has 0 heterocycles. The van der Waals surface area contributed by atoms with Crippen LogP contribution in [0, 0.1) is 6.92 Å². The Kier molecular flexibility index (Phi) is 3.00. The molecule has 3 N–H and O–H groups in total. The highest BCUT2D eigenvalue weighted by atomic mass is 16.5. The van der Waals surface area contributed by atoms with Crippen LogP contribution in [0.5, 0.6) is 0 Å². The van der Waals surface area contributed by atoms with Crippen LogP contribution >= 0.6 is 0 Å². The monoisotopic (exact) mass is 182 g/mol. The van der Waals surface area contributed by atoms with Crippen LogP contribution in [-0.2, 0) is 4.74 Å². The van der Waals surface area contributed by atoms with Gasteiger partial charge < -0.3 is 4.74 Å². The van der Waals surface area contributed by atoms with Gasteiger partial charge in [0.25, 0.3) is 0 Å². The zero-order valence-corrected chi connectivity index (χ0v) is 7.57. The van der Waals surface area contributed by atoms with E-state index in [0.29, 0.717) is 11.3 Å². The lowest BCUT2D eigenvalue weighted by Gasteiger charge is -2.03. The Balaban J connectivity index is 3.11. The summed E-state index contributed by atoms with van der Waals surface area (Å²) in [7, 11) is 1.33. The number of ether oxygens (including phenoxy) is 1. The highest BCUT2D eigenvalue weighted by molar-refractivity contribution is 5.91. The van der Waals surface area contributed by atoms with Crippen molar-refractivity contribution in [1.29, 1.82) is 0 Å². The van der Waals surface area contributed by atoms with Crippen molar-refractivity contribution in [3.8, 4) is 0 Å². The molecular formula is C9H12NO3+. The molecule has 0 amide bonds. The fourth-order valence-corrected chi connectivity index (χ4v) is 1.05. The molecule has 0 atom stereocenters. The van der Waals surface area contributed by atoms with Crippen LogP contribution < -0.4 is 5.48 Å². The number of esters is 1. The number of aryl methyl sites for hydroxylation is 1. The number of benzene rings is 1. The number of quaternary nitrogens is 1. The predicted molar refractivity (Wildman–Crippen MR) is 45.9 cm³/mol. The lowest BCUT2D eigenvalue weighted by Crippen LogP contribution is -2.73. The SMILES string of the molecule is COC(=O)c1cc([NH2+]O)ccc1C. The summed E-state index contributed by atoms with van der Waals surface area (Å²) in [4.78, 5) is 11.2. The molecule has 0 radical (unpaired) electrons. The first-order valence-electron chi connectivity index (χ1n) is 3.85. The lowest BCUT2D eigenvalue weighted by molar-refractivity contribution is -0.825. The van der Waals surface area contributed by atoms with E-state index in [0.717, 1.165) is 11.0 Å². The fourth-order valence-electron chi connectivity index (χ4n) is 1.05. The fraction of sp³-hybridized carbons (Fsp3) is 0.222. The first kappa shape index (κ1) is 9.70. The van der Waals surface area contributed by atoms with Crippen LogP contribution in [0.4, 0.5) is 5.69 Å². The zero-order chi connectivity index (χ0) is 9.84. The minimum Gasteiger partial charge on any atom is -0.465 e. The first-order valence-corrected chi connectivity index (χ1v) is 3.85. The van der Waals surface area contributed by atoms with Crippen molar-refractivity contribution in [3.63, 3.8) is 0 Å². The summed E-state index contributed by atoms with van der Waals surface area (Å²) in [5.41, 5.74) is 2.85. The van der Waals surface area contributed by atoms with Gasteiger partial charge in [-0.05, 0) is 12.5 Å². The summed E-state index contributed by atoms with van der Waals surface area (Å²) in [6.07, 6.45) is 0. The van der Waals surface area contributed by atoms with E-state index in [2.05, 4.69) is 4.74 Å². The second kappa shape index (κ2) is 4.02. The van der Waals surface area contributed by atoms with Crippen LogP contribution in [0.25, 0.3) is 0 Å². The minimum absolute atomic E-state index is 0.388. The molecule has 4 nitrogen and oxygen atoms in total. The summed E-state index contributed by atoms with van der Waals surface area (Å²) < 4.78 is 4.58. The average molecular weight is 182 g/mol. The molecule has 0 fully saturated rings. The molecule has 70 valence electrons. The van der Waals surface area contributed by atoms with Crippen molar-refractivity contribution in [3.05, 3.63) is 29.3 Å². The molecule has 4 heteroatoms. The zero-order valence-electron chi connectivity index (χ0n) is 7.57. The molecule has 0 saturated heterocycles. The Morgan fingerprint density at radius 2 is 2.23 bits per heavy atom. The van der Waals surface area contributed by atoms with Gasteiger partial charge in [-0.1, -0.05) is 6.07 Å². The minimum atomic E-state index is -0.388. The average Bonchev–Trinajstić information content (AvgIpc) is 2.17. The summed E-state index contributed by atoms with van der Waals surface area (Å²) in [6, 6.07) is 5.07. The molecular weight excluding hydrogens is 170 g/mol. The van der Waals surface area contributed by atoms with Gasteiger partial charge in [0, 0.05) is 12.1 Å². The molecule has 0 aliphatic carbocycles. The normalized spacial score (nSPS) is 9.77. The van der Waals surface area contributed by atoms with Crippen LogP contribution in [0.1, 0.15) is 15.9 Å². The largest absolute Gasteiger partial charge is 0.465 e. The Morgan fingerprint density at radius 3 is 2.77 bits per heavy atom. The summed E-state index contributed by atoms with van der Waals surface area (Å²) >= 11 is 0. The maximum absolute atomic E-state index is 11.2. The Morgan fingerprint density at radius 1 is 1.54 bits per heavy atom. The van der Waals surface area contributed by atoms with E-state index in [1.165, 1.54) is 7.11 Å². The van der Waals surface area contributed by atoms with Crippen molar-refractivity contribution in [2.24, 2.45) is 0 Å². The van der Waals surface area contributed by atoms with Crippen LogP contribution in [0.15, 0.2) is 18.2 Å². The van der Waals surface area contributed by atoms with Gasteiger partial charge in [0.1, 0.15) is 0 Å². The third-order valence-corrected chi connectivity index (χ3v) is 1.82. The number of carbonyl (C=O) groups is 1. The topological polar surface area (TPSA) is 63.1 Å². The standard InChI is InChI=1S/C9H11NO3/c1-6-3-4-7(10-12)5-8(6)9(11)13-2/h3-5,10,12H,1-2H3/p+1. The van der Waals surface area contributed by atoms with E-state index in [1.807, 2.05) is 6.92 Å².